The monoisotopic (exact) mass is 381 g/mol. The van der Waals surface area contributed by atoms with E-state index in [-0.39, 0.29) is 11.4 Å². The normalized spacial score (nSPS) is 11.1. The fraction of sp³-hybridized carbons (Fsp3) is 0.0500. The topological polar surface area (TPSA) is 76.8 Å². The summed E-state index contributed by atoms with van der Waals surface area (Å²) in [6.07, 6.45) is 0. The lowest BCUT2D eigenvalue weighted by Gasteiger charge is -2.10. The Labute approximate surface area is 161 Å². The number of rotatable bonds is 6. The van der Waals surface area contributed by atoms with Crippen molar-refractivity contribution in [2.75, 3.05) is 12.5 Å². The number of hydrogen-bond acceptors (Lipinski definition) is 5. The summed E-state index contributed by atoms with van der Waals surface area (Å²) in [4.78, 5) is 10.9. The number of nitro benzene ring substituents is 1. The van der Waals surface area contributed by atoms with Crippen LogP contribution in [0.4, 0.5) is 11.4 Å². The molecule has 0 aliphatic carbocycles. The lowest BCUT2D eigenvalue weighted by molar-refractivity contribution is -0.385. The van der Waals surface area contributed by atoms with E-state index in [1.165, 1.54) is 13.2 Å². The highest BCUT2D eigenvalue weighted by Gasteiger charge is 2.18. The molecule has 0 heterocycles. The number of hydrogen-bond donors (Lipinski definition) is 1. The van der Waals surface area contributed by atoms with Crippen LogP contribution in [-0.4, -0.2) is 17.7 Å². The summed E-state index contributed by atoms with van der Waals surface area (Å²) in [6, 6.07) is 21.3. The van der Waals surface area contributed by atoms with Gasteiger partial charge in [-0.05, 0) is 36.4 Å². The highest BCUT2D eigenvalue weighted by atomic mass is 35.5. The third-order valence-electron chi connectivity index (χ3n) is 3.82. The summed E-state index contributed by atoms with van der Waals surface area (Å²) < 4.78 is 5.08. The Bertz CT molecular complexity index is 991. The van der Waals surface area contributed by atoms with Gasteiger partial charge in [0.25, 0.3) is 0 Å². The fourth-order valence-electron chi connectivity index (χ4n) is 2.54. The zero-order chi connectivity index (χ0) is 19.2. The quantitative estimate of drug-likeness (QED) is 0.365. The third kappa shape index (κ3) is 4.43. The van der Waals surface area contributed by atoms with Crippen molar-refractivity contribution in [2.24, 2.45) is 5.10 Å². The number of anilines is 1. The minimum absolute atomic E-state index is 0.135. The standard InChI is InChI=1S/C20H16ClN3O3/c1-27-19-11-10-15(13-18(19)24(25)26)20(14-6-5-7-16(21)12-14)23-22-17-8-3-2-4-9-17/h2-13,22H,1H3/b23-20-. The second kappa shape index (κ2) is 8.33. The van der Waals surface area contributed by atoms with Gasteiger partial charge < -0.3 is 4.74 Å². The summed E-state index contributed by atoms with van der Waals surface area (Å²) in [5.74, 6) is 0.185. The van der Waals surface area contributed by atoms with Gasteiger partial charge in [-0.15, -0.1) is 0 Å². The van der Waals surface area contributed by atoms with Crippen LogP contribution in [-0.2, 0) is 0 Å². The molecule has 3 rings (SSSR count). The zero-order valence-corrected chi connectivity index (χ0v) is 15.2. The van der Waals surface area contributed by atoms with Crippen LogP contribution < -0.4 is 10.2 Å². The summed E-state index contributed by atoms with van der Waals surface area (Å²) in [5, 5.41) is 16.4. The second-order valence-electron chi connectivity index (χ2n) is 5.59. The van der Waals surface area contributed by atoms with Crippen LogP contribution in [0.25, 0.3) is 0 Å². The number of methoxy groups -OCH3 is 1. The molecular formula is C20H16ClN3O3. The Kier molecular flexibility index (Phi) is 5.68. The molecule has 0 saturated carbocycles. The van der Waals surface area contributed by atoms with Gasteiger partial charge in [-0.1, -0.05) is 41.9 Å². The van der Waals surface area contributed by atoms with Crippen LogP contribution in [0.15, 0.2) is 77.9 Å². The Balaban J connectivity index is 2.09. The van der Waals surface area contributed by atoms with E-state index in [2.05, 4.69) is 10.5 Å². The Hall–Kier alpha value is -3.38. The zero-order valence-electron chi connectivity index (χ0n) is 14.4. The molecule has 3 aromatic rings. The SMILES string of the molecule is COc1ccc(/C(=N\Nc2ccccc2)c2cccc(Cl)c2)cc1[N+](=O)[O-]. The van der Waals surface area contributed by atoms with Crippen molar-refractivity contribution in [2.45, 2.75) is 0 Å². The van der Waals surface area contributed by atoms with Crippen LogP contribution in [0, 0.1) is 10.1 Å². The van der Waals surface area contributed by atoms with Crippen molar-refractivity contribution < 1.29 is 9.66 Å². The van der Waals surface area contributed by atoms with E-state index >= 15 is 0 Å². The van der Waals surface area contributed by atoms with E-state index in [0.29, 0.717) is 16.3 Å². The van der Waals surface area contributed by atoms with Crippen molar-refractivity contribution in [3.63, 3.8) is 0 Å². The van der Waals surface area contributed by atoms with Crippen molar-refractivity contribution in [1.82, 2.24) is 0 Å². The van der Waals surface area contributed by atoms with Crippen LogP contribution in [0.1, 0.15) is 11.1 Å². The van der Waals surface area contributed by atoms with Crippen LogP contribution in [0.5, 0.6) is 5.75 Å². The van der Waals surface area contributed by atoms with Gasteiger partial charge >= 0.3 is 5.69 Å². The summed E-state index contributed by atoms with van der Waals surface area (Å²) in [6.45, 7) is 0. The van der Waals surface area contributed by atoms with Gasteiger partial charge in [0.15, 0.2) is 5.75 Å². The number of nitrogens with one attached hydrogen (secondary N) is 1. The Morgan fingerprint density at radius 2 is 1.78 bits per heavy atom. The highest BCUT2D eigenvalue weighted by molar-refractivity contribution is 6.31. The van der Waals surface area contributed by atoms with E-state index in [9.17, 15) is 10.1 Å². The van der Waals surface area contributed by atoms with Gasteiger partial charge in [0, 0.05) is 22.2 Å². The largest absolute Gasteiger partial charge is 0.490 e. The molecule has 0 atom stereocenters. The molecule has 0 aromatic heterocycles. The molecule has 0 radical (unpaired) electrons. The molecule has 0 amide bonds. The van der Waals surface area contributed by atoms with E-state index in [1.807, 2.05) is 36.4 Å². The minimum Gasteiger partial charge on any atom is -0.490 e. The number of hydrazone groups is 1. The first-order chi connectivity index (χ1) is 13.1. The summed E-state index contributed by atoms with van der Waals surface area (Å²) in [5.41, 5.74) is 5.45. The minimum atomic E-state index is -0.484. The molecule has 0 bridgehead atoms. The fourth-order valence-corrected chi connectivity index (χ4v) is 2.73. The molecule has 0 fully saturated rings. The third-order valence-corrected chi connectivity index (χ3v) is 4.05. The first-order valence-corrected chi connectivity index (χ1v) is 8.44. The molecule has 0 spiro atoms. The van der Waals surface area contributed by atoms with Crippen molar-refractivity contribution >= 4 is 28.7 Å². The van der Waals surface area contributed by atoms with E-state index < -0.39 is 4.92 Å². The highest BCUT2D eigenvalue weighted by Crippen LogP contribution is 2.29. The van der Waals surface area contributed by atoms with Crippen molar-refractivity contribution in [1.29, 1.82) is 0 Å². The van der Waals surface area contributed by atoms with Gasteiger partial charge in [-0.3, -0.25) is 15.5 Å². The first-order valence-electron chi connectivity index (χ1n) is 8.06. The Morgan fingerprint density at radius 3 is 2.44 bits per heavy atom. The molecule has 27 heavy (non-hydrogen) atoms. The maximum Gasteiger partial charge on any atom is 0.311 e. The number of para-hydroxylation sites is 1. The van der Waals surface area contributed by atoms with Crippen LogP contribution in [0.2, 0.25) is 5.02 Å². The lowest BCUT2D eigenvalue weighted by Crippen LogP contribution is -2.08. The molecule has 0 aliphatic heterocycles. The van der Waals surface area contributed by atoms with E-state index in [0.717, 1.165) is 11.3 Å². The first kappa shape index (κ1) is 18.4. The van der Waals surface area contributed by atoms with Crippen LogP contribution in [0.3, 0.4) is 0 Å². The summed E-state index contributed by atoms with van der Waals surface area (Å²) >= 11 is 6.12. The predicted octanol–water partition coefficient (Wildman–Crippen LogP) is 5.12. The van der Waals surface area contributed by atoms with Gasteiger partial charge in [0.2, 0.25) is 0 Å². The molecular weight excluding hydrogens is 366 g/mol. The van der Waals surface area contributed by atoms with Gasteiger partial charge in [-0.25, -0.2) is 0 Å². The van der Waals surface area contributed by atoms with Crippen molar-refractivity contribution in [3.8, 4) is 5.75 Å². The van der Waals surface area contributed by atoms with Gasteiger partial charge in [0.1, 0.15) is 0 Å². The molecule has 0 unspecified atom stereocenters. The number of nitro groups is 1. The molecule has 3 aromatic carbocycles. The molecule has 136 valence electrons. The molecule has 6 nitrogen and oxygen atoms in total. The van der Waals surface area contributed by atoms with Crippen molar-refractivity contribution in [3.05, 3.63) is 99.1 Å². The number of nitrogens with zero attached hydrogens (tertiary/aromatic N) is 2. The average Bonchev–Trinajstić information content (AvgIpc) is 2.69. The van der Waals surface area contributed by atoms with Gasteiger partial charge in [0.05, 0.1) is 23.4 Å². The second-order valence-corrected chi connectivity index (χ2v) is 6.03. The smallest absolute Gasteiger partial charge is 0.311 e. The lowest BCUT2D eigenvalue weighted by atomic mass is 10.0. The number of benzene rings is 3. The molecule has 1 N–H and O–H groups in total. The molecule has 0 aliphatic rings. The summed E-state index contributed by atoms with van der Waals surface area (Å²) in [7, 11) is 1.39. The average molecular weight is 382 g/mol. The molecule has 7 heteroatoms. The number of halogens is 1. The van der Waals surface area contributed by atoms with E-state index in [4.69, 9.17) is 16.3 Å². The molecule has 0 saturated heterocycles. The van der Waals surface area contributed by atoms with Gasteiger partial charge in [-0.2, -0.15) is 5.10 Å². The number of ether oxygens (including phenoxy) is 1. The maximum absolute atomic E-state index is 11.4. The Morgan fingerprint density at radius 1 is 1.04 bits per heavy atom. The predicted molar refractivity (Wildman–Crippen MR) is 107 cm³/mol. The maximum atomic E-state index is 11.4. The van der Waals surface area contributed by atoms with Crippen LogP contribution >= 0.6 is 11.6 Å². The van der Waals surface area contributed by atoms with E-state index in [1.54, 1.807) is 30.3 Å².